The van der Waals surface area contributed by atoms with E-state index in [-0.39, 0.29) is 18.4 Å². The largest absolute Gasteiger partial charge is 0.441 e. The Balaban J connectivity index is 1.36. The van der Waals surface area contributed by atoms with Crippen LogP contribution in [0.4, 0.5) is 10.5 Å². The van der Waals surface area contributed by atoms with E-state index >= 15 is 0 Å². The summed E-state index contributed by atoms with van der Waals surface area (Å²) in [7, 11) is 0. The van der Waals surface area contributed by atoms with E-state index in [1.165, 1.54) is 16.2 Å². The van der Waals surface area contributed by atoms with Crippen molar-refractivity contribution >= 4 is 39.2 Å². The monoisotopic (exact) mass is 480 g/mol. The zero-order valence-electron chi connectivity index (χ0n) is 18.8. The van der Waals surface area contributed by atoms with Gasteiger partial charge in [-0.05, 0) is 37.1 Å². The summed E-state index contributed by atoms with van der Waals surface area (Å²) in [4.78, 5) is 33.3. The lowest BCUT2D eigenvalue weighted by atomic mass is 9.89. The number of anilines is 1. The standard InChI is InChI=1S/C25H28N4O4S/c30-21(17-9-3-1-4-10-17)27-24(32)29-16-15-28(18-11-5-2-6-12-18)23(22(29)31)33-25-26-19-13-7-8-14-20(19)34-25/h2,5-8,11-14,17,22-23,31H,1,3-4,9-10,15-16H2,(H,27,30,32). The van der Waals surface area contributed by atoms with E-state index in [9.17, 15) is 14.7 Å². The molecule has 2 unspecified atom stereocenters. The summed E-state index contributed by atoms with van der Waals surface area (Å²) in [6.45, 7) is 0.682. The lowest BCUT2D eigenvalue weighted by molar-refractivity contribution is -0.125. The number of aliphatic hydroxyl groups excluding tert-OH is 1. The number of thiazole rings is 1. The Morgan fingerprint density at radius 3 is 2.50 bits per heavy atom. The molecule has 34 heavy (non-hydrogen) atoms. The van der Waals surface area contributed by atoms with Gasteiger partial charge >= 0.3 is 6.03 Å². The molecule has 178 valence electrons. The Hall–Kier alpha value is -3.17. The fourth-order valence-corrected chi connectivity index (χ4v) is 5.52. The van der Waals surface area contributed by atoms with E-state index in [1.807, 2.05) is 59.5 Å². The second-order valence-electron chi connectivity index (χ2n) is 8.72. The molecule has 2 atom stereocenters. The zero-order chi connectivity index (χ0) is 23.5. The molecule has 9 heteroatoms. The van der Waals surface area contributed by atoms with Crippen LogP contribution in [-0.4, -0.2) is 52.5 Å². The number of nitrogens with one attached hydrogen (secondary N) is 1. The quantitative estimate of drug-likeness (QED) is 0.587. The highest BCUT2D eigenvalue weighted by Crippen LogP contribution is 2.32. The number of carbonyl (C=O) groups excluding carboxylic acids is 2. The van der Waals surface area contributed by atoms with E-state index < -0.39 is 18.5 Å². The van der Waals surface area contributed by atoms with Crippen LogP contribution < -0.4 is 15.0 Å². The number of ether oxygens (including phenoxy) is 1. The van der Waals surface area contributed by atoms with E-state index in [4.69, 9.17) is 4.74 Å². The van der Waals surface area contributed by atoms with Gasteiger partial charge in [0, 0.05) is 24.7 Å². The minimum atomic E-state index is -1.29. The highest BCUT2D eigenvalue weighted by Gasteiger charge is 2.41. The molecule has 2 aliphatic rings. The van der Waals surface area contributed by atoms with Crippen LogP contribution in [-0.2, 0) is 4.79 Å². The lowest BCUT2D eigenvalue weighted by Gasteiger charge is -2.44. The number of aromatic nitrogens is 1. The van der Waals surface area contributed by atoms with Gasteiger partial charge in [0.1, 0.15) is 0 Å². The van der Waals surface area contributed by atoms with Crippen LogP contribution in [0.15, 0.2) is 54.6 Å². The smallest absolute Gasteiger partial charge is 0.326 e. The van der Waals surface area contributed by atoms with Gasteiger partial charge < -0.3 is 14.7 Å². The van der Waals surface area contributed by atoms with Gasteiger partial charge in [0.05, 0.1) is 10.2 Å². The lowest BCUT2D eigenvalue weighted by Crippen LogP contribution is -2.65. The zero-order valence-corrected chi connectivity index (χ0v) is 19.6. The van der Waals surface area contributed by atoms with Crippen LogP contribution in [0.25, 0.3) is 10.2 Å². The summed E-state index contributed by atoms with van der Waals surface area (Å²) < 4.78 is 7.17. The molecule has 8 nitrogen and oxygen atoms in total. The van der Waals surface area contributed by atoms with E-state index in [0.29, 0.717) is 11.7 Å². The highest BCUT2D eigenvalue weighted by molar-refractivity contribution is 7.20. The summed E-state index contributed by atoms with van der Waals surface area (Å²) in [6.07, 6.45) is 2.56. The molecule has 0 radical (unpaired) electrons. The maximum Gasteiger partial charge on any atom is 0.326 e. The first-order valence-electron chi connectivity index (χ1n) is 11.7. The number of carbonyl (C=O) groups is 2. The summed E-state index contributed by atoms with van der Waals surface area (Å²) in [5, 5.41) is 14.2. The molecule has 1 aliphatic carbocycles. The predicted octanol–water partition coefficient (Wildman–Crippen LogP) is 3.96. The molecule has 1 aromatic heterocycles. The van der Waals surface area contributed by atoms with Crippen LogP contribution in [0.5, 0.6) is 5.19 Å². The van der Waals surface area contributed by atoms with E-state index in [2.05, 4.69) is 10.3 Å². The molecule has 2 fully saturated rings. The molecule has 3 amide bonds. The third-order valence-corrected chi connectivity index (χ3v) is 7.44. The molecular formula is C25H28N4O4S. The number of nitrogens with zero attached hydrogens (tertiary/aromatic N) is 3. The van der Waals surface area contributed by atoms with Gasteiger partial charge in [0.2, 0.25) is 12.1 Å². The number of hydrogen-bond donors (Lipinski definition) is 2. The molecule has 5 rings (SSSR count). The Bertz CT molecular complexity index is 1120. The maximum absolute atomic E-state index is 13.0. The minimum Gasteiger partial charge on any atom is -0.441 e. The van der Waals surface area contributed by atoms with Gasteiger partial charge in [0.15, 0.2) is 6.23 Å². The molecule has 1 aliphatic heterocycles. The number of benzene rings is 2. The molecule has 2 heterocycles. The van der Waals surface area contributed by atoms with Gasteiger partial charge in [-0.25, -0.2) is 9.78 Å². The minimum absolute atomic E-state index is 0.143. The van der Waals surface area contributed by atoms with E-state index in [1.54, 1.807) is 0 Å². The molecular weight excluding hydrogens is 452 g/mol. The van der Waals surface area contributed by atoms with E-state index in [0.717, 1.165) is 48.0 Å². The van der Waals surface area contributed by atoms with Crippen molar-refractivity contribution in [2.24, 2.45) is 5.92 Å². The van der Waals surface area contributed by atoms with Gasteiger partial charge in [-0.2, -0.15) is 0 Å². The molecule has 2 aromatic carbocycles. The van der Waals surface area contributed by atoms with Crippen molar-refractivity contribution in [3.05, 3.63) is 54.6 Å². The average molecular weight is 481 g/mol. The Kier molecular flexibility index (Phi) is 6.64. The fraction of sp³-hybridized carbons (Fsp3) is 0.400. The van der Waals surface area contributed by atoms with Gasteiger partial charge in [-0.1, -0.05) is 60.9 Å². The summed E-state index contributed by atoms with van der Waals surface area (Å²) in [5.41, 5.74) is 1.68. The third-order valence-electron chi connectivity index (χ3n) is 6.51. The second-order valence-corrected chi connectivity index (χ2v) is 9.71. The number of piperazine rings is 1. The molecule has 3 aromatic rings. The topological polar surface area (TPSA) is 95.0 Å². The Morgan fingerprint density at radius 2 is 1.74 bits per heavy atom. The van der Waals surface area contributed by atoms with Crippen LogP contribution in [0, 0.1) is 5.92 Å². The number of imide groups is 1. The first kappa shape index (κ1) is 22.6. The second kappa shape index (κ2) is 9.99. The summed E-state index contributed by atoms with van der Waals surface area (Å²) in [5.74, 6) is -0.402. The first-order valence-corrected chi connectivity index (χ1v) is 12.6. The van der Waals surface area contributed by atoms with Crippen molar-refractivity contribution < 1.29 is 19.4 Å². The molecule has 0 bridgehead atoms. The summed E-state index contributed by atoms with van der Waals surface area (Å²) >= 11 is 1.38. The van der Waals surface area contributed by atoms with Gasteiger partial charge in [-0.3, -0.25) is 15.0 Å². The Morgan fingerprint density at radius 1 is 1.00 bits per heavy atom. The summed E-state index contributed by atoms with van der Waals surface area (Å²) in [6, 6.07) is 16.7. The average Bonchev–Trinajstić information content (AvgIpc) is 3.28. The van der Waals surface area contributed by atoms with Crippen LogP contribution in [0.1, 0.15) is 32.1 Å². The molecule has 0 spiro atoms. The number of fused-ring (bicyclic) bond motifs is 1. The number of hydrogen-bond acceptors (Lipinski definition) is 7. The predicted molar refractivity (Wildman–Crippen MR) is 131 cm³/mol. The van der Waals surface area contributed by atoms with Crippen molar-refractivity contribution in [1.29, 1.82) is 0 Å². The van der Waals surface area contributed by atoms with Crippen LogP contribution >= 0.6 is 11.3 Å². The van der Waals surface area contributed by atoms with Crippen molar-refractivity contribution in [3.63, 3.8) is 0 Å². The number of rotatable bonds is 4. The van der Waals surface area contributed by atoms with Gasteiger partial charge in [-0.15, -0.1) is 0 Å². The first-order chi connectivity index (χ1) is 16.6. The van der Waals surface area contributed by atoms with Crippen molar-refractivity contribution in [2.45, 2.75) is 44.6 Å². The van der Waals surface area contributed by atoms with Crippen LogP contribution in [0.2, 0.25) is 0 Å². The number of aliphatic hydroxyl groups is 1. The molecule has 1 saturated carbocycles. The molecule has 1 saturated heterocycles. The van der Waals surface area contributed by atoms with Crippen molar-refractivity contribution in [2.75, 3.05) is 18.0 Å². The Labute approximate surface area is 202 Å². The normalized spacial score (nSPS) is 21.4. The number of amides is 3. The van der Waals surface area contributed by atoms with Crippen molar-refractivity contribution in [1.82, 2.24) is 15.2 Å². The SMILES string of the molecule is O=C(NC(=O)N1CCN(c2ccccc2)C(Oc2nc3ccccc3s2)C1O)C1CCCCC1. The van der Waals surface area contributed by atoms with Crippen molar-refractivity contribution in [3.8, 4) is 5.19 Å². The third kappa shape index (κ3) is 4.71. The number of urea groups is 1. The highest BCUT2D eigenvalue weighted by atomic mass is 32.1. The number of para-hydroxylation sites is 2. The molecule has 2 N–H and O–H groups in total. The van der Waals surface area contributed by atoms with Crippen LogP contribution in [0.3, 0.4) is 0 Å². The fourth-order valence-electron chi connectivity index (χ4n) is 4.68. The maximum atomic E-state index is 13.0. The van der Waals surface area contributed by atoms with Gasteiger partial charge in [0.25, 0.3) is 5.19 Å².